The van der Waals surface area contributed by atoms with Crippen LogP contribution in [0.3, 0.4) is 0 Å². The van der Waals surface area contributed by atoms with E-state index in [1.807, 2.05) is 6.92 Å². The molecule has 88 valence electrons. The lowest BCUT2D eigenvalue weighted by Crippen LogP contribution is -2.30. The molecule has 0 aromatic rings. The molecule has 0 bridgehead atoms. The van der Waals surface area contributed by atoms with Gasteiger partial charge in [0, 0.05) is 0 Å². The monoisotopic (exact) mass is 340 g/mol. The molecule has 15 heavy (non-hydrogen) atoms. The van der Waals surface area contributed by atoms with Crippen molar-refractivity contribution < 1.29 is 9.53 Å². The van der Waals surface area contributed by atoms with E-state index >= 15 is 0 Å². The lowest BCUT2D eigenvalue weighted by molar-refractivity contribution is -0.143. The Labute approximate surface area is 108 Å². The van der Waals surface area contributed by atoms with Crippen molar-refractivity contribution in [2.75, 3.05) is 6.61 Å². The molecule has 1 aliphatic carbocycles. The van der Waals surface area contributed by atoms with Crippen molar-refractivity contribution >= 4 is 37.8 Å². The summed E-state index contributed by atoms with van der Waals surface area (Å²) in [6.07, 6.45) is 7.23. The van der Waals surface area contributed by atoms with Crippen LogP contribution in [-0.2, 0) is 9.53 Å². The van der Waals surface area contributed by atoms with Crippen molar-refractivity contribution in [3.63, 3.8) is 0 Å². The van der Waals surface area contributed by atoms with E-state index in [4.69, 9.17) is 4.74 Å². The van der Waals surface area contributed by atoms with Gasteiger partial charge in [-0.25, -0.2) is 4.79 Å². The summed E-state index contributed by atoms with van der Waals surface area (Å²) in [5.74, 6) is 0.442. The number of alkyl halides is 2. The van der Waals surface area contributed by atoms with E-state index in [1.165, 1.54) is 32.1 Å². The molecule has 1 saturated carbocycles. The maximum Gasteiger partial charge on any atom is 0.333 e. The maximum absolute atomic E-state index is 11.6. The van der Waals surface area contributed by atoms with Crippen LogP contribution in [0.15, 0.2) is 0 Å². The summed E-state index contributed by atoms with van der Waals surface area (Å²) in [5, 5.41) is 0. The number of ether oxygens (including phenoxy) is 1. The smallest absolute Gasteiger partial charge is 0.333 e. The first kappa shape index (κ1) is 13.5. The van der Waals surface area contributed by atoms with E-state index in [2.05, 4.69) is 31.9 Å². The van der Waals surface area contributed by atoms with Crippen LogP contribution in [0, 0.1) is 5.92 Å². The Morgan fingerprint density at radius 1 is 1.33 bits per heavy atom. The predicted octanol–water partition coefficient (Wildman–Crippen LogP) is 4.01. The summed E-state index contributed by atoms with van der Waals surface area (Å²) >= 11 is 6.85. The van der Waals surface area contributed by atoms with Crippen LogP contribution in [-0.4, -0.2) is 15.8 Å². The fraction of sp³-hybridized carbons (Fsp3) is 0.909. The molecule has 0 atom stereocenters. The average Bonchev–Trinajstić information content (AvgIpc) is 2.19. The molecule has 0 saturated heterocycles. The van der Waals surface area contributed by atoms with Gasteiger partial charge in [0.05, 0.1) is 6.61 Å². The molecule has 4 heteroatoms. The second-order valence-corrected chi connectivity index (χ2v) is 7.90. The minimum atomic E-state index is -0.669. The number of halogens is 2. The molecule has 0 heterocycles. The lowest BCUT2D eigenvalue weighted by Gasteiger charge is -2.27. The van der Waals surface area contributed by atoms with Gasteiger partial charge in [-0.15, -0.1) is 0 Å². The van der Waals surface area contributed by atoms with Crippen LogP contribution in [0.1, 0.15) is 45.4 Å². The first-order valence-corrected chi connectivity index (χ1v) is 7.20. The molecule has 0 spiro atoms. The minimum absolute atomic E-state index is 0.199. The molecule has 0 aliphatic heterocycles. The third-order valence-corrected chi connectivity index (χ3v) is 4.14. The van der Waals surface area contributed by atoms with E-state index in [0.29, 0.717) is 12.5 Å². The largest absolute Gasteiger partial charge is 0.464 e. The molecular formula is C11H18Br2O2. The number of carbonyl (C=O) groups is 1. The van der Waals surface area contributed by atoms with Gasteiger partial charge in [0.25, 0.3) is 0 Å². The molecule has 1 rings (SSSR count). The van der Waals surface area contributed by atoms with Crippen LogP contribution in [0.4, 0.5) is 0 Å². The van der Waals surface area contributed by atoms with Gasteiger partial charge in [-0.1, -0.05) is 64.0 Å². The Hall–Kier alpha value is 0.430. The second kappa shape index (κ2) is 6.24. The highest BCUT2D eigenvalue weighted by Crippen LogP contribution is 2.39. The van der Waals surface area contributed by atoms with Crippen LogP contribution < -0.4 is 0 Å². The predicted molar refractivity (Wildman–Crippen MR) is 68.4 cm³/mol. The fourth-order valence-electron chi connectivity index (χ4n) is 2.07. The third-order valence-electron chi connectivity index (χ3n) is 2.84. The highest BCUT2D eigenvalue weighted by atomic mass is 79.9. The van der Waals surface area contributed by atoms with Gasteiger partial charge in [0.2, 0.25) is 0 Å². The molecule has 1 aliphatic rings. The van der Waals surface area contributed by atoms with Gasteiger partial charge in [-0.3, -0.25) is 0 Å². The number of esters is 1. The van der Waals surface area contributed by atoms with Crippen molar-refractivity contribution in [1.82, 2.24) is 0 Å². The van der Waals surface area contributed by atoms with Gasteiger partial charge in [0.1, 0.15) is 0 Å². The zero-order chi connectivity index (χ0) is 11.3. The van der Waals surface area contributed by atoms with Gasteiger partial charge in [-0.05, 0) is 19.3 Å². The van der Waals surface area contributed by atoms with Crippen LogP contribution in [0.2, 0.25) is 0 Å². The molecule has 0 amide bonds. The van der Waals surface area contributed by atoms with E-state index < -0.39 is 3.23 Å². The summed E-state index contributed by atoms with van der Waals surface area (Å²) < 4.78 is 4.35. The quantitative estimate of drug-likeness (QED) is 0.570. The zero-order valence-corrected chi connectivity index (χ0v) is 12.3. The Morgan fingerprint density at radius 3 is 2.47 bits per heavy atom. The fourth-order valence-corrected chi connectivity index (χ4v) is 3.22. The molecule has 1 fully saturated rings. The topological polar surface area (TPSA) is 26.3 Å². The number of rotatable bonds is 4. The molecule has 2 nitrogen and oxygen atoms in total. The van der Waals surface area contributed by atoms with Gasteiger partial charge < -0.3 is 4.74 Å². The van der Waals surface area contributed by atoms with Crippen LogP contribution in [0.25, 0.3) is 0 Å². The molecule has 0 aromatic heterocycles. The highest BCUT2D eigenvalue weighted by Gasteiger charge is 2.36. The van der Waals surface area contributed by atoms with Crippen LogP contribution in [0.5, 0.6) is 0 Å². The Kier molecular flexibility index (Phi) is 5.61. The van der Waals surface area contributed by atoms with E-state index in [9.17, 15) is 4.79 Å². The van der Waals surface area contributed by atoms with Crippen molar-refractivity contribution in [2.24, 2.45) is 5.92 Å². The van der Waals surface area contributed by atoms with Gasteiger partial charge >= 0.3 is 5.97 Å². The van der Waals surface area contributed by atoms with Crippen molar-refractivity contribution in [1.29, 1.82) is 0 Å². The minimum Gasteiger partial charge on any atom is -0.464 e. The van der Waals surface area contributed by atoms with Crippen LogP contribution >= 0.6 is 31.9 Å². The Morgan fingerprint density at radius 2 is 1.93 bits per heavy atom. The Balaban J connectivity index is 2.42. The molecule has 0 aromatic carbocycles. The van der Waals surface area contributed by atoms with E-state index in [-0.39, 0.29) is 5.97 Å². The molecular weight excluding hydrogens is 324 g/mol. The number of hydrogen-bond donors (Lipinski definition) is 0. The lowest BCUT2D eigenvalue weighted by atomic mass is 9.86. The second-order valence-electron chi connectivity index (χ2n) is 4.13. The number of carbonyl (C=O) groups excluding carboxylic acids is 1. The van der Waals surface area contributed by atoms with Gasteiger partial charge in [0.15, 0.2) is 3.23 Å². The van der Waals surface area contributed by atoms with Crippen molar-refractivity contribution in [2.45, 2.75) is 48.7 Å². The summed E-state index contributed by atoms with van der Waals surface area (Å²) in [7, 11) is 0. The highest BCUT2D eigenvalue weighted by molar-refractivity contribution is 9.25. The summed E-state index contributed by atoms with van der Waals surface area (Å²) in [5.41, 5.74) is 0. The number of hydrogen-bond acceptors (Lipinski definition) is 2. The Bertz CT molecular complexity index is 211. The standard InChI is InChI=1S/C11H18Br2O2/c1-2-15-10(14)11(12,13)8-9-6-4-3-5-7-9/h9H,2-8H2,1H3. The molecule has 0 unspecified atom stereocenters. The zero-order valence-electron chi connectivity index (χ0n) is 9.10. The first-order chi connectivity index (χ1) is 7.06. The first-order valence-electron chi connectivity index (χ1n) is 5.61. The summed E-state index contributed by atoms with van der Waals surface area (Å²) in [6, 6.07) is 0. The molecule has 0 N–H and O–H groups in total. The normalized spacial score (nSPS) is 18.9. The van der Waals surface area contributed by atoms with Crippen molar-refractivity contribution in [3.05, 3.63) is 0 Å². The van der Waals surface area contributed by atoms with Crippen molar-refractivity contribution in [3.8, 4) is 0 Å². The average molecular weight is 342 g/mol. The van der Waals surface area contributed by atoms with E-state index in [0.717, 1.165) is 6.42 Å². The van der Waals surface area contributed by atoms with Gasteiger partial charge in [-0.2, -0.15) is 0 Å². The summed E-state index contributed by atoms with van der Waals surface area (Å²) in [4.78, 5) is 11.6. The summed E-state index contributed by atoms with van der Waals surface area (Å²) in [6.45, 7) is 2.26. The van der Waals surface area contributed by atoms with E-state index in [1.54, 1.807) is 0 Å². The SMILES string of the molecule is CCOC(=O)C(Br)(Br)CC1CCCCC1. The third kappa shape index (κ3) is 4.43. The maximum atomic E-state index is 11.6. The molecule has 0 radical (unpaired) electrons.